The minimum absolute atomic E-state index is 0.0986. The maximum atomic E-state index is 13.1. The van der Waals surface area contributed by atoms with Crippen LogP contribution in [0.3, 0.4) is 0 Å². The second-order valence-corrected chi connectivity index (χ2v) is 37.1. The number of hydrogen-bond acceptors (Lipinski definition) is 14. The van der Waals surface area contributed by atoms with Gasteiger partial charge in [0.05, 0.1) is 26.4 Å². The van der Waals surface area contributed by atoms with Gasteiger partial charge >= 0.3 is 33.6 Å². The molecule has 0 aliphatic carbocycles. The number of rotatable bonds is 97. The maximum absolute atomic E-state index is 13.1. The van der Waals surface area contributed by atoms with E-state index >= 15 is 0 Å². The molecule has 0 radical (unpaired) electrons. The molecule has 0 rings (SSSR count). The van der Waals surface area contributed by atoms with Crippen LogP contribution < -0.4 is 0 Å². The topological polar surface area (TPSA) is 231 Å². The molecule has 0 saturated carbocycles. The van der Waals surface area contributed by atoms with Crippen molar-refractivity contribution < 1.29 is 75.8 Å². The standard InChI is InChI=1S/C111H188O16P2/c1-4-7-10-13-16-19-22-25-28-31-34-37-40-43-46-49-50-51-52-53-54-57-59-61-64-67-70-73-76-79-82-85-88-91-94-97-109(114)121-100-106(112)101-123-128(117,118)124-102-107(113)103-125-129(119,120)126-105-108(127-111(116)99-96-93-90-87-84-81-78-75-72-69-66-63-60-56-48-45-42-39-36-33-30-27-24-21-18-15-12-9-6-3)104-122-110(115)98-95-92-89-86-83-80-77-74-71-68-65-62-58-55-47-44-41-38-35-32-29-26-23-20-17-14-11-8-5-2/h7-12,16-21,25-30,34-39,43-48,50-51,106-108,112-113H,4-6,13-15,22-24,31-33,40-42,49,52-105H2,1-3H3,(H,117,118)(H,119,120)/b10-7-,11-8-,12-9-,19-16-,20-17-,21-18-,28-25-,29-26-,30-27-,37-34-,38-35-,39-36-,46-43-,47-44-,48-45-,51-50-. The van der Waals surface area contributed by atoms with E-state index < -0.39 is 91.5 Å². The molecule has 129 heavy (non-hydrogen) atoms. The Balaban J connectivity index is 4.60. The molecule has 0 fully saturated rings. The summed E-state index contributed by atoms with van der Waals surface area (Å²) in [7, 11) is -9.82. The highest BCUT2D eigenvalue weighted by Gasteiger charge is 2.30. The molecule has 738 valence electrons. The van der Waals surface area contributed by atoms with Crippen LogP contribution in [0.4, 0.5) is 0 Å². The average Bonchev–Trinajstić information content (AvgIpc) is 0.898. The second-order valence-electron chi connectivity index (χ2n) is 34.2. The normalized spacial score (nSPS) is 14.4. The molecule has 0 heterocycles. The molecule has 5 atom stereocenters. The van der Waals surface area contributed by atoms with E-state index in [1.807, 2.05) is 0 Å². The van der Waals surface area contributed by atoms with Gasteiger partial charge in [-0.05, 0) is 161 Å². The smallest absolute Gasteiger partial charge is 0.463 e. The number of phosphoric ester groups is 2. The highest BCUT2D eigenvalue weighted by Crippen LogP contribution is 2.45. The molecule has 0 aliphatic rings. The third-order valence-electron chi connectivity index (χ3n) is 21.8. The molecule has 4 N–H and O–H groups in total. The van der Waals surface area contributed by atoms with Gasteiger partial charge in [0.1, 0.15) is 25.4 Å². The molecule has 0 amide bonds. The Kier molecular flexibility index (Phi) is 97.0. The fourth-order valence-corrected chi connectivity index (χ4v) is 15.7. The number of phosphoric acid groups is 2. The molecular formula is C111H188O16P2. The zero-order valence-corrected chi connectivity index (χ0v) is 83.6. The molecule has 0 aromatic carbocycles. The number of carbonyl (C=O) groups is 3. The maximum Gasteiger partial charge on any atom is 0.472 e. The van der Waals surface area contributed by atoms with Gasteiger partial charge in [-0.3, -0.25) is 32.5 Å². The average molecular weight is 1840 g/mol. The minimum atomic E-state index is -4.95. The number of aliphatic hydroxyl groups is 2. The predicted octanol–water partition coefficient (Wildman–Crippen LogP) is 32.9. The fraction of sp³-hybridized carbons (Fsp3) is 0.685. The van der Waals surface area contributed by atoms with Crippen LogP contribution in [0.1, 0.15) is 432 Å². The lowest BCUT2D eigenvalue weighted by molar-refractivity contribution is -0.161. The summed E-state index contributed by atoms with van der Waals surface area (Å²) in [6.07, 6.45) is 136. The Bertz CT molecular complexity index is 3130. The summed E-state index contributed by atoms with van der Waals surface area (Å²) in [5.74, 6) is -1.56. The van der Waals surface area contributed by atoms with Crippen LogP contribution in [0.15, 0.2) is 194 Å². The van der Waals surface area contributed by atoms with Crippen molar-refractivity contribution in [2.75, 3.05) is 39.6 Å². The summed E-state index contributed by atoms with van der Waals surface area (Å²) in [4.78, 5) is 59.3. The number of carbonyl (C=O) groups excluding carboxylic acids is 3. The van der Waals surface area contributed by atoms with Crippen molar-refractivity contribution in [1.82, 2.24) is 0 Å². The van der Waals surface area contributed by atoms with Crippen LogP contribution in [-0.4, -0.2) is 95.9 Å². The van der Waals surface area contributed by atoms with Crippen LogP contribution in [0, 0.1) is 0 Å². The van der Waals surface area contributed by atoms with Crippen molar-refractivity contribution in [3.8, 4) is 0 Å². The molecule has 0 saturated heterocycles. The molecule has 16 nitrogen and oxygen atoms in total. The van der Waals surface area contributed by atoms with Gasteiger partial charge in [0.15, 0.2) is 6.10 Å². The Morgan fingerprint density at radius 3 is 0.612 bits per heavy atom. The first-order valence-corrected chi connectivity index (χ1v) is 54.7. The summed E-state index contributed by atoms with van der Waals surface area (Å²) >= 11 is 0. The zero-order valence-electron chi connectivity index (χ0n) is 81.8. The zero-order chi connectivity index (χ0) is 93.5. The van der Waals surface area contributed by atoms with Gasteiger partial charge in [0.2, 0.25) is 0 Å². The van der Waals surface area contributed by atoms with Crippen molar-refractivity contribution in [1.29, 1.82) is 0 Å². The van der Waals surface area contributed by atoms with Crippen LogP contribution in [0.25, 0.3) is 0 Å². The van der Waals surface area contributed by atoms with E-state index in [4.69, 9.17) is 32.3 Å². The van der Waals surface area contributed by atoms with Crippen molar-refractivity contribution in [2.45, 2.75) is 450 Å². The summed E-state index contributed by atoms with van der Waals surface area (Å²) < 4.78 is 61.7. The largest absolute Gasteiger partial charge is 0.472 e. The Morgan fingerprint density at radius 1 is 0.217 bits per heavy atom. The molecular weight excluding hydrogens is 1650 g/mol. The predicted molar refractivity (Wildman–Crippen MR) is 546 cm³/mol. The van der Waals surface area contributed by atoms with Crippen molar-refractivity contribution in [2.24, 2.45) is 0 Å². The van der Waals surface area contributed by atoms with Crippen molar-refractivity contribution >= 4 is 33.6 Å². The summed E-state index contributed by atoms with van der Waals surface area (Å²) in [6.45, 7) is 2.41. The van der Waals surface area contributed by atoms with Crippen LogP contribution in [0.5, 0.6) is 0 Å². The molecule has 0 aromatic heterocycles. The summed E-state index contributed by atoms with van der Waals surface area (Å²) in [5, 5.41) is 20.8. The minimum Gasteiger partial charge on any atom is -0.463 e. The van der Waals surface area contributed by atoms with Gasteiger partial charge in [0, 0.05) is 19.3 Å². The number of unbranched alkanes of at least 4 members (excludes halogenated alkanes) is 42. The lowest BCUT2D eigenvalue weighted by Crippen LogP contribution is -2.30. The summed E-state index contributed by atoms with van der Waals surface area (Å²) in [5.41, 5.74) is 0. The first-order chi connectivity index (χ1) is 63.2. The van der Waals surface area contributed by atoms with Gasteiger partial charge in [-0.25, -0.2) is 9.13 Å². The van der Waals surface area contributed by atoms with Gasteiger partial charge < -0.3 is 34.2 Å². The molecule has 5 unspecified atom stereocenters. The highest BCUT2D eigenvalue weighted by molar-refractivity contribution is 7.47. The Hall–Kier alpha value is -5.61. The van der Waals surface area contributed by atoms with Gasteiger partial charge in [-0.15, -0.1) is 0 Å². The van der Waals surface area contributed by atoms with E-state index in [0.29, 0.717) is 19.3 Å². The number of aliphatic hydroxyl groups excluding tert-OH is 2. The molecule has 0 spiro atoms. The lowest BCUT2D eigenvalue weighted by Gasteiger charge is -2.21. The van der Waals surface area contributed by atoms with Gasteiger partial charge in [-0.1, -0.05) is 446 Å². The first kappa shape index (κ1) is 123. The highest BCUT2D eigenvalue weighted by atomic mass is 31.2. The Morgan fingerprint density at radius 2 is 0.388 bits per heavy atom. The molecule has 18 heteroatoms. The van der Waals surface area contributed by atoms with E-state index in [1.165, 1.54) is 186 Å². The molecule has 0 aliphatic heterocycles. The van der Waals surface area contributed by atoms with Crippen LogP contribution >= 0.6 is 15.6 Å². The van der Waals surface area contributed by atoms with E-state index in [0.717, 1.165) is 186 Å². The first-order valence-electron chi connectivity index (χ1n) is 51.7. The number of esters is 3. The second kappa shape index (κ2) is 101. The SMILES string of the molecule is CC/C=C\C/C=C\C/C=C\C/C=C\C/C=C\C/C=C\CCCCCCCCCCCCCCCCCCC(=O)OCC(O)COP(=O)(O)OCC(O)COP(=O)(O)OCC(COC(=O)CCCCCCCCCCCCCCC/C=C\C/C=C\C/C=C\C/C=C\C/C=C\CC)OC(=O)CCCCCCCCCCCCCCC/C=C\C/C=C\C/C=C\C/C=C\C/C=C\CC. The van der Waals surface area contributed by atoms with E-state index in [2.05, 4.69) is 215 Å². The van der Waals surface area contributed by atoms with Crippen molar-refractivity contribution in [3.05, 3.63) is 194 Å². The number of hydrogen-bond donors (Lipinski definition) is 4. The number of ether oxygens (including phenoxy) is 3. The fourth-order valence-electron chi connectivity index (χ4n) is 14.1. The number of allylic oxidation sites excluding steroid dienone is 32. The quantitative estimate of drug-likeness (QED) is 0.0146. The van der Waals surface area contributed by atoms with E-state index in [1.54, 1.807) is 0 Å². The van der Waals surface area contributed by atoms with Gasteiger partial charge in [-0.2, -0.15) is 0 Å². The molecule has 0 bridgehead atoms. The Labute approximate surface area is 788 Å². The third-order valence-corrected chi connectivity index (χ3v) is 23.7. The van der Waals surface area contributed by atoms with Gasteiger partial charge in [0.25, 0.3) is 0 Å². The van der Waals surface area contributed by atoms with Crippen LogP contribution in [0.2, 0.25) is 0 Å². The molecule has 0 aromatic rings. The third kappa shape index (κ3) is 103. The van der Waals surface area contributed by atoms with Crippen molar-refractivity contribution in [3.63, 3.8) is 0 Å². The summed E-state index contributed by atoms with van der Waals surface area (Å²) in [6, 6.07) is 0. The van der Waals surface area contributed by atoms with E-state index in [-0.39, 0.29) is 19.3 Å². The lowest BCUT2D eigenvalue weighted by atomic mass is 10.0. The monoisotopic (exact) mass is 1840 g/mol. The van der Waals surface area contributed by atoms with E-state index in [9.17, 15) is 43.5 Å². The van der Waals surface area contributed by atoms with Crippen LogP contribution in [-0.2, 0) is 55.8 Å².